The van der Waals surface area contributed by atoms with Gasteiger partial charge in [0.15, 0.2) is 0 Å². The number of hydrogen-bond donors (Lipinski definition) is 2. The lowest BCUT2D eigenvalue weighted by Gasteiger charge is -2.18. The number of aryl methyl sites for hydroxylation is 1. The molecule has 2 aromatic carbocycles. The molecule has 2 aromatic rings. The van der Waals surface area contributed by atoms with Crippen LogP contribution in [0.1, 0.15) is 11.1 Å². The van der Waals surface area contributed by atoms with Gasteiger partial charge in [-0.15, -0.1) is 0 Å². The number of benzene rings is 2. The fraction of sp³-hybridized carbons (Fsp3) is 0.250. The maximum absolute atomic E-state index is 13.3. The van der Waals surface area contributed by atoms with Gasteiger partial charge < -0.3 is 10.4 Å². The van der Waals surface area contributed by atoms with Crippen molar-refractivity contribution in [3.63, 3.8) is 0 Å². The Morgan fingerprint density at radius 1 is 1.16 bits per heavy atom. The fourth-order valence-corrected chi connectivity index (χ4v) is 2.12. The van der Waals surface area contributed by atoms with Gasteiger partial charge in [0, 0.05) is 5.69 Å². The summed E-state index contributed by atoms with van der Waals surface area (Å²) in [5.74, 6) is -0.265. The molecule has 0 aliphatic heterocycles. The summed E-state index contributed by atoms with van der Waals surface area (Å²) < 4.78 is 13.3. The lowest BCUT2D eigenvalue weighted by Crippen LogP contribution is -2.26. The van der Waals surface area contributed by atoms with E-state index < -0.39 is 0 Å². The average Bonchev–Trinajstić information content (AvgIpc) is 2.38. The van der Waals surface area contributed by atoms with Crippen molar-refractivity contribution >= 4 is 5.69 Å². The first-order chi connectivity index (χ1) is 9.17. The molecular formula is C16H18FNO. The maximum Gasteiger partial charge on any atom is 0.125 e. The maximum atomic E-state index is 13.3. The molecular weight excluding hydrogens is 241 g/mol. The van der Waals surface area contributed by atoms with E-state index in [1.54, 1.807) is 0 Å². The van der Waals surface area contributed by atoms with Crippen molar-refractivity contribution < 1.29 is 9.50 Å². The highest BCUT2D eigenvalue weighted by Gasteiger charge is 2.09. The second kappa shape index (κ2) is 6.34. The van der Waals surface area contributed by atoms with E-state index in [2.05, 4.69) is 5.32 Å². The van der Waals surface area contributed by atoms with Crippen molar-refractivity contribution in [3.05, 3.63) is 65.5 Å². The van der Waals surface area contributed by atoms with E-state index in [0.717, 1.165) is 11.1 Å². The van der Waals surface area contributed by atoms with Crippen LogP contribution in [0.4, 0.5) is 10.1 Å². The van der Waals surface area contributed by atoms with Gasteiger partial charge in [-0.2, -0.15) is 0 Å². The third-order valence-electron chi connectivity index (χ3n) is 2.96. The zero-order valence-corrected chi connectivity index (χ0v) is 10.9. The molecule has 2 N–H and O–H groups in total. The standard InChI is InChI=1S/C16H18FNO/c1-12-7-14(17)10-15(8-12)18-16(11-19)9-13-5-3-2-4-6-13/h2-8,10,16,18-19H,9,11H2,1H3. The van der Waals surface area contributed by atoms with E-state index in [1.807, 2.05) is 43.3 Å². The van der Waals surface area contributed by atoms with E-state index in [0.29, 0.717) is 12.1 Å². The highest BCUT2D eigenvalue weighted by atomic mass is 19.1. The molecule has 0 aliphatic rings. The molecule has 1 unspecified atom stereocenters. The SMILES string of the molecule is Cc1cc(F)cc(NC(CO)Cc2ccccc2)c1. The number of anilines is 1. The monoisotopic (exact) mass is 259 g/mol. The minimum atomic E-state index is -0.265. The Bertz CT molecular complexity index is 507. The molecule has 0 spiro atoms. The Kier molecular flexibility index (Phi) is 4.53. The number of hydrogen-bond acceptors (Lipinski definition) is 2. The van der Waals surface area contributed by atoms with Gasteiger partial charge in [-0.25, -0.2) is 4.39 Å². The molecule has 19 heavy (non-hydrogen) atoms. The zero-order valence-electron chi connectivity index (χ0n) is 10.9. The molecule has 0 aliphatic carbocycles. The van der Waals surface area contributed by atoms with Gasteiger partial charge in [0.1, 0.15) is 5.82 Å². The van der Waals surface area contributed by atoms with Crippen LogP contribution in [0.3, 0.4) is 0 Å². The Labute approximate surface area is 112 Å². The number of aliphatic hydroxyl groups is 1. The lowest BCUT2D eigenvalue weighted by atomic mass is 10.1. The summed E-state index contributed by atoms with van der Waals surface area (Å²) in [6, 6.07) is 14.6. The topological polar surface area (TPSA) is 32.3 Å². The number of halogens is 1. The Morgan fingerprint density at radius 3 is 2.53 bits per heavy atom. The third kappa shape index (κ3) is 4.07. The van der Waals surface area contributed by atoms with E-state index in [1.165, 1.54) is 12.1 Å². The molecule has 0 radical (unpaired) electrons. The highest BCUT2D eigenvalue weighted by molar-refractivity contribution is 5.47. The first-order valence-corrected chi connectivity index (χ1v) is 6.36. The van der Waals surface area contributed by atoms with E-state index in [9.17, 15) is 9.50 Å². The molecule has 2 rings (SSSR count). The van der Waals surface area contributed by atoms with E-state index in [4.69, 9.17) is 0 Å². The van der Waals surface area contributed by atoms with Crippen LogP contribution in [0.5, 0.6) is 0 Å². The molecule has 0 saturated heterocycles. The van der Waals surface area contributed by atoms with Crippen molar-refractivity contribution in [3.8, 4) is 0 Å². The van der Waals surface area contributed by atoms with Crippen molar-refractivity contribution in [2.45, 2.75) is 19.4 Å². The average molecular weight is 259 g/mol. The Hall–Kier alpha value is -1.87. The molecule has 1 atom stereocenters. The normalized spacial score (nSPS) is 12.2. The Morgan fingerprint density at radius 2 is 1.89 bits per heavy atom. The molecule has 0 aromatic heterocycles. The van der Waals surface area contributed by atoms with Crippen LogP contribution in [0.2, 0.25) is 0 Å². The minimum absolute atomic E-state index is 0.00442. The van der Waals surface area contributed by atoms with Crippen LogP contribution in [0.15, 0.2) is 48.5 Å². The third-order valence-corrected chi connectivity index (χ3v) is 2.96. The van der Waals surface area contributed by atoms with Crippen LogP contribution in [0.25, 0.3) is 0 Å². The quantitative estimate of drug-likeness (QED) is 0.864. The largest absolute Gasteiger partial charge is 0.394 e. The summed E-state index contributed by atoms with van der Waals surface area (Å²) in [5.41, 5.74) is 2.70. The summed E-state index contributed by atoms with van der Waals surface area (Å²) in [4.78, 5) is 0. The molecule has 0 amide bonds. The zero-order chi connectivity index (χ0) is 13.7. The predicted molar refractivity (Wildman–Crippen MR) is 75.8 cm³/mol. The fourth-order valence-electron chi connectivity index (χ4n) is 2.12. The molecule has 3 heteroatoms. The molecule has 0 fully saturated rings. The van der Waals surface area contributed by atoms with Gasteiger partial charge in [-0.05, 0) is 42.7 Å². The first kappa shape index (κ1) is 13.6. The highest BCUT2D eigenvalue weighted by Crippen LogP contribution is 2.15. The van der Waals surface area contributed by atoms with Gasteiger partial charge >= 0.3 is 0 Å². The van der Waals surface area contributed by atoms with Gasteiger partial charge in [0.2, 0.25) is 0 Å². The molecule has 0 heterocycles. The van der Waals surface area contributed by atoms with Crippen LogP contribution in [-0.2, 0) is 6.42 Å². The van der Waals surface area contributed by atoms with Crippen LogP contribution < -0.4 is 5.32 Å². The minimum Gasteiger partial charge on any atom is -0.394 e. The molecule has 100 valence electrons. The van der Waals surface area contributed by atoms with E-state index in [-0.39, 0.29) is 18.5 Å². The molecule has 0 bridgehead atoms. The van der Waals surface area contributed by atoms with E-state index >= 15 is 0 Å². The summed E-state index contributed by atoms with van der Waals surface area (Å²) in [6.07, 6.45) is 0.701. The van der Waals surface area contributed by atoms with Gasteiger partial charge in [0.05, 0.1) is 12.6 Å². The lowest BCUT2D eigenvalue weighted by molar-refractivity contribution is 0.273. The van der Waals surface area contributed by atoms with Crippen LogP contribution in [0, 0.1) is 12.7 Å². The summed E-state index contributed by atoms with van der Waals surface area (Å²) in [5, 5.41) is 12.6. The second-order valence-corrected chi connectivity index (χ2v) is 4.73. The van der Waals surface area contributed by atoms with Gasteiger partial charge in [-0.3, -0.25) is 0 Å². The number of nitrogens with one attached hydrogen (secondary N) is 1. The van der Waals surface area contributed by atoms with Crippen molar-refractivity contribution in [1.29, 1.82) is 0 Å². The molecule has 0 saturated carbocycles. The summed E-state index contributed by atoms with van der Waals surface area (Å²) in [6.45, 7) is 1.85. The van der Waals surface area contributed by atoms with Gasteiger partial charge in [-0.1, -0.05) is 30.3 Å². The molecule has 2 nitrogen and oxygen atoms in total. The summed E-state index contributed by atoms with van der Waals surface area (Å²) in [7, 11) is 0. The smallest absolute Gasteiger partial charge is 0.125 e. The summed E-state index contributed by atoms with van der Waals surface area (Å²) >= 11 is 0. The number of rotatable bonds is 5. The van der Waals surface area contributed by atoms with Crippen molar-refractivity contribution in [1.82, 2.24) is 0 Å². The number of aliphatic hydroxyl groups excluding tert-OH is 1. The van der Waals surface area contributed by atoms with Crippen molar-refractivity contribution in [2.24, 2.45) is 0 Å². The second-order valence-electron chi connectivity index (χ2n) is 4.73. The van der Waals surface area contributed by atoms with Crippen LogP contribution in [-0.4, -0.2) is 17.8 Å². The Balaban J connectivity index is 2.06. The van der Waals surface area contributed by atoms with Crippen LogP contribution >= 0.6 is 0 Å². The predicted octanol–water partition coefficient (Wildman–Crippen LogP) is 3.15. The van der Waals surface area contributed by atoms with Crippen molar-refractivity contribution in [2.75, 3.05) is 11.9 Å². The first-order valence-electron chi connectivity index (χ1n) is 6.36. The van der Waals surface area contributed by atoms with Gasteiger partial charge in [0.25, 0.3) is 0 Å².